The van der Waals surface area contributed by atoms with E-state index in [2.05, 4.69) is 27.1 Å². The smallest absolute Gasteiger partial charge is 0.253 e. The van der Waals surface area contributed by atoms with Crippen LogP contribution in [0.4, 0.5) is 5.69 Å². The SMILES string of the molecule is CS(=O)(=O)Nc1cn[nH]c1[C@@H]1CCCN(C(=O)c2ccc3c(c2)CCCC3)C1. The van der Waals surface area contributed by atoms with Crippen molar-refractivity contribution in [3.63, 3.8) is 0 Å². The number of carbonyl (C=O) groups is 1. The van der Waals surface area contributed by atoms with Gasteiger partial charge in [-0.25, -0.2) is 8.42 Å². The maximum Gasteiger partial charge on any atom is 0.253 e. The summed E-state index contributed by atoms with van der Waals surface area (Å²) >= 11 is 0. The van der Waals surface area contributed by atoms with Gasteiger partial charge in [-0.2, -0.15) is 5.10 Å². The highest BCUT2D eigenvalue weighted by molar-refractivity contribution is 7.92. The molecule has 2 N–H and O–H groups in total. The van der Waals surface area contributed by atoms with Crippen LogP contribution in [0.1, 0.15) is 58.8 Å². The Balaban J connectivity index is 1.51. The van der Waals surface area contributed by atoms with Gasteiger partial charge in [0.2, 0.25) is 10.0 Å². The number of carbonyl (C=O) groups excluding carboxylic acids is 1. The normalized spacial score (nSPS) is 19.9. The van der Waals surface area contributed by atoms with Gasteiger partial charge in [-0.3, -0.25) is 14.6 Å². The van der Waals surface area contributed by atoms with Crippen molar-refractivity contribution in [2.45, 2.75) is 44.4 Å². The molecule has 0 bridgehead atoms. The molecule has 4 rings (SSSR count). The molecule has 1 aromatic carbocycles. The van der Waals surface area contributed by atoms with E-state index < -0.39 is 10.0 Å². The Bertz CT molecular complexity index is 983. The summed E-state index contributed by atoms with van der Waals surface area (Å²) in [4.78, 5) is 15.0. The molecule has 1 amide bonds. The van der Waals surface area contributed by atoms with Crippen LogP contribution in [-0.2, 0) is 22.9 Å². The number of aryl methyl sites for hydroxylation is 2. The van der Waals surface area contributed by atoms with Gasteiger partial charge in [-0.15, -0.1) is 0 Å². The number of likely N-dealkylation sites (tertiary alicyclic amines) is 1. The minimum absolute atomic E-state index is 0.0297. The number of rotatable bonds is 4. The Morgan fingerprint density at radius 3 is 2.79 bits per heavy atom. The number of anilines is 1. The van der Waals surface area contributed by atoms with Gasteiger partial charge >= 0.3 is 0 Å². The molecular weight excluding hydrogens is 376 g/mol. The van der Waals surface area contributed by atoms with Crippen LogP contribution in [0.3, 0.4) is 0 Å². The summed E-state index contributed by atoms with van der Waals surface area (Å²) in [5.74, 6) is 0.0808. The number of piperidine rings is 1. The molecule has 2 aliphatic rings. The van der Waals surface area contributed by atoms with Gasteiger partial charge in [0.15, 0.2) is 0 Å². The van der Waals surface area contributed by atoms with E-state index in [-0.39, 0.29) is 11.8 Å². The molecule has 1 atom stereocenters. The monoisotopic (exact) mass is 402 g/mol. The number of nitrogens with one attached hydrogen (secondary N) is 2. The number of amides is 1. The number of sulfonamides is 1. The fourth-order valence-corrected chi connectivity index (χ4v) is 4.90. The summed E-state index contributed by atoms with van der Waals surface area (Å²) in [6, 6.07) is 6.11. The number of benzene rings is 1. The number of hydrogen-bond acceptors (Lipinski definition) is 4. The molecule has 2 aromatic rings. The van der Waals surface area contributed by atoms with Gasteiger partial charge in [-0.1, -0.05) is 6.07 Å². The molecule has 0 saturated carbocycles. The lowest BCUT2D eigenvalue weighted by Gasteiger charge is -2.33. The number of aromatic amines is 1. The van der Waals surface area contributed by atoms with Crippen molar-refractivity contribution < 1.29 is 13.2 Å². The Morgan fingerprint density at radius 1 is 1.21 bits per heavy atom. The van der Waals surface area contributed by atoms with Crippen LogP contribution in [0, 0.1) is 0 Å². The van der Waals surface area contributed by atoms with Crippen LogP contribution in [0.15, 0.2) is 24.4 Å². The van der Waals surface area contributed by atoms with E-state index in [0.717, 1.165) is 49.7 Å². The summed E-state index contributed by atoms with van der Waals surface area (Å²) in [6.07, 6.45) is 8.93. The van der Waals surface area contributed by atoms with Crippen LogP contribution in [0.25, 0.3) is 0 Å². The molecule has 0 spiro atoms. The van der Waals surface area contributed by atoms with Crippen LogP contribution in [0.2, 0.25) is 0 Å². The van der Waals surface area contributed by atoms with E-state index in [0.29, 0.717) is 12.2 Å². The molecule has 2 heterocycles. The molecule has 28 heavy (non-hydrogen) atoms. The first-order valence-corrected chi connectivity index (χ1v) is 11.7. The molecule has 8 heteroatoms. The van der Waals surface area contributed by atoms with Crippen molar-refractivity contribution in [3.05, 3.63) is 46.8 Å². The Morgan fingerprint density at radius 2 is 2.00 bits per heavy atom. The highest BCUT2D eigenvalue weighted by Crippen LogP contribution is 2.31. The second-order valence-corrected chi connectivity index (χ2v) is 9.60. The molecule has 7 nitrogen and oxygen atoms in total. The van der Waals surface area contributed by atoms with Crippen molar-refractivity contribution in [1.82, 2.24) is 15.1 Å². The summed E-state index contributed by atoms with van der Waals surface area (Å²) in [5, 5.41) is 6.93. The van der Waals surface area contributed by atoms with Gasteiger partial charge in [0.05, 0.1) is 23.8 Å². The molecule has 1 saturated heterocycles. The van der Waals surface area contributed by atoms with Crippen LogP contribution in [0.5, 0.6) is 0 Å². The van der Waals surface area contributed by atoms with Crippen molar-refractivity contribution in [2.75, 3.05) is 24.1 Å². The first-order chi connectivity index (χ1) is 13.4. The molecule has 1 fully saturated rings. The molecule has 0 radical (unpaired) electrons. The lowest BCUT2D eigenvalue weighted by atomic mass is 9.89. The van der Waals surface area contributed by atoms with Crippen LogP contribution < -0.4 is 4.72 Å². The van der Waals surface area contributed by atoms with Gasteiger partial charge in [0, 0.05) is 24.6 Å². The van der Waals surface area contributed by atoms with Gasteiger partial charge in [-0.05, 0) is 61.8 Å². The van der Waals surface area contributed by atoms with Gasteiger partial charge in [0.25, 0.3) is 5.91 Å². The zero-order valence-electron chi connectivity index (χ0n) is 16.1. The maximum atomic E-state index is 13.1. The quantitative estimate of drug-likeness (QED) is 0.822. The first kappa shape index (κ1) is 19.0. The predicted octanol–water partition coefficient (Wildman–Crippen LogP) is 2.68. The maximum absolute atomic E-state index is 13.1. The lowest BCUT2D eigenvalue weighted by Crippen LogP contribution is -2.39. The largest absolute Gasteiger partial charge is 0.338 e. The average Bonchev–Trinajstić information content (AvgIpc) is 3.13. The molecular formula is C20H26N4O3S. The fraction of sp³-hybridized carbons (Fsp3) is 0.500. The van der Waals surface area contributed by atoms with Crippen molar-refractivity contribution >= 4 is 21.6 Å². The number of nitrogens with zero attached hydrogens (tertiary/aromatic N) is 2. The molecule has 1 aromatic heterocycles. The minimum Gasteiger partial charge on any atom is -0.338 e. The van der Waals surface area contributed by atoms with E-state index >= 15 is 0 Å². The minimum atomic E-state index is -3.38. The van der Waals surface area contributed by atoms with E-state index in [9.17, 15) is 13.2 Å². The predicted molar refractivity (Wildman–Crippen MR) is 108 cm³/mol. The zero-order valence-corrected chi connectivity index (χ0v) is 16.9. The zero-order chi connectivity index (χ0) is 19.7. The third-order valence-corrected chi connectivity index (χ3v) is 6.27. The summed E-state index contributed by atoms with van der Waals surface area (Å²) < 4.78 is 25.7. The van der Waals surface area contributed by atoms with Crippen molar-refractivity contribution in [3.8, 4) is 0 Å². The first-order valence-electron chi connectivity index (χ1n) is 9.83. The van der Waals surface area contributed by atoms with Gasteiger partial charge in [0.1, 0.15) is 0 Å². The van der Waals surface area contributed by atoms with Crippen molar-refractivity contribution in [2.24, 2.45) is 0 Å². The van der Waals surface area contributed by atoms with E-state index in [1.54, 1.807) is 0 Å². The summed E-state index contributed by atoms with van der Waals surface area (Å²) in [5.41, 5.74) is 4.64. The second-order valence-electron chi connectivity index (χ2n) is 7.85. The summed E-state index contributed by atoms with van der Waals surface area (Å²) in [6.45, 7) is 1.27. The molecule has 1 aliphatic carbocycles. The van der Waals surface area contributed by atoms with E-state index in [1.165, 1.54) is 30.2 Å². The Kier molecular flexibility index (Phi) is 5.14. The Labute approximate surface area is 165 Å². The number of H-pyrrole nitrogens is 1. The third-order valence-electron chi connectivity index (χ3n) is 5.68. The van der Waals surface area contributed by atoms with Crippen molar-refractivity contribution in [1.29, 1.82) is 0 Å². The molecule has 0 unspecified atom stereocenters. The highest BCUT2D eigenvalue weighted by atomic mass is 32.2. The van der Waals surface area contributed by atoms with Gasteiger partial charge < -0.3 is 4.90 Å². The van der Waals surface area contributed by atoms with E-state index in [4.69, 9.17) is 0 Å². The van der Waals surface area contributed by atoms with Crippen LogP contribution >= 0.6 is 0 Å². The topological polar surface area (TPSA) is 95.2 Å². The van der Waals surface area contributed by atoms with E-state index in [1.807, 2.05) is 11.0 Å². The summed E-state index contributed by atoms with van der Waals surface area (Å²) in [7, 11) is -3.38. The number of aromatic nitrogens is 2. The second kappa shape index (κ2) is 7.58. The highest BCUT2D eigenvalue weighted by Gasteiger charge is 2.29. The standard InChI is InChI=1S/C20H26N4O3S/c1-28(26,27)23-18-12-21-22-19(18)17-7-4-10-24(13-17)20(25)16-9-8-14-5-2-3-6-15(14)11-16/h8-9,11-12,17,23H,2-7,10,13H2,1H3,(H,21,22)/t17-/m1/s1. The number of fused-ring (bicyclic) bond motifs is 1. The number of hydrogen-bond donors (Lipinski definition) is 2. The fourth-order valence-electron chi connectivity index (χ4n) is 4.33. The third kappa shape index (κ3) is 4.06. The molecule has 1 aliphatic heterocycles. The Hall–Kier alpha value is -2.35. The molecule has 150 valence electrons. The lowest BCUT2D eigenvalue weighted by molar-refractivity contribution is 0.0706. The van der Waals surface area contributed by atoms with Crippen LogP contribution in [-0.4, -0.2) is 48.8 Å². The average molecular weight is 403 g/mol.